The van der Waals surface area contributed by atoms with Gasteiger partial charge in [-0.2, -0.15) is 0 Å². The lowest BCUT2D eigenvalue weighted by molar-refractivity contribution is 0.555. The Labute approximate surface area is 116 Å². The molecule has 0 bridgehead atoms. The van der Waals surface area contributed by atoms with Crippen molar-refractivity contribution in [3.63, 3.8) is 0 Å². The van der Waals surface area contributed by atoms with Gasteiger partial charge in [-0.3, -0.25) is 0 Å². The molecule has 2 aromatic carbocycles. The molecule has 0 aliphatic carbocycles. The molecule has 1 aliphatic rings. The van der Waals surface area contributed by atoms with Gasteiger partial charge in [0.2, 0.25) is 0 Å². The van der Waals surface area contributed by atoms with Crippen molar-refractivity contribution < 1.29 is 0 Å². The first-order chi connectivity index (χ1) is 8.86. The molecule has 1 saturated heterocycles. The van der Waals surface area contributed by atoms with Gasteiger partial charge in [0.15, 0.2) is 0 Å². The Hall–Kier alpha value is -1.16. The van der Waals surface area contributed by atoms with E-state index in [1.807, 2.05) is 12.1 Å². The van der Waals surface area contributed by atoms with Crippen LogP contribution in [0.25, 0.3) is 0 Å². The summed E-state index contributed by atoms with van der Waals surface area (Å²) in [6.07, 6.45) is 0. The number of rotatable bonds is 2. The Morgan fingerprint density at radius 2 is 1.06 bits per heavy atom. The Morgan fingerprint density at radius 3 is 1.44 bits per heavy atom. The second-order valence-electron chi connectivity index (χ2n) is 4.51. The summed E-state index contributed by atoms with van der Waals surface area (Å²) >= 11 is 3.82. The summed E-state index contributed by atoms with van der Waals surface area (Å²) < 4.78 is 0. The molecule has 0 amide bonds. The minimum Gasteiger partial charge on any atom is -0.249 e. The summed E-state index contributed by atoms with van der Waals surface area (Å²) in [6, 6.07) is 21.6. The van der Waals surface area contributed by atoms with Crippen molar-refractivity contribution >= 4 is 15.9 Å². The average Bonchev–Trinajstić information content (AvgIpc) is 2.83. The van der Waals surface area contributed by atoms with Gasteiger partial charge in [-0.1, -0.05) is 76.6 Å². The van der Waals surface area contributed by atoms with E-state index in [2.05, 4.69) is 75.3 Å². The van der Waals surface area contributed by atoms with E-state index >= 15 is 0 Å². The van der Waals surface area contributed by atoms with E-state index in [4.69, 9.17) is 0 Å². The maximum absolute atomic E-state index is 3.82. The molecule has 0 saturated carbocycles. The molecule has 18 heavy (non-hydrogen) atoms. The minimum atomic E-state index is 0.288. The normalized spacial score (nSPS) is 27.3. The summed E-state index contributed by atoms with van der Waals surface area (Å²) in [6.45, 7) is 0. The van der Waals surface area contributed by atoms with Crippen LogP contribution in [-0.4, -0.2) is 4.83 Å². The number of hydrogen-bond acceptors (Lipinski definition) is 2. The molecule has 3 rings (SSSR count). The van der Waals surface area contributed by atoms with Crippen LogP contribution in [-0.2, 0) is 0 Å². The molecule has 1 aliphatic heterocycles. The molecule has 3 heteroatoms. The highest BCUT2D eigenvalue weighted by Gasteiger charge is 2.35. The van der Waals surface area contributed by atoms with E-state index in [9.17, 15) is 0 Å². The first kappa shape index (κ1) is 11.9. The van der Waals surface area contributed by atoms with Crippen LogP contribution in [0.3, 0.4) is 0 Å². The third-order valence-corrected chi connectivity index (χ3v) is 4.41. The second kappa shape index (κ2) is 5.22. The van der Waals surface area contributed by atoms with Gasteiger partial charge in [-0.15, -0.1) is 0 Å². The fraction of sp³-hybridized carbons (Fsp3) is 0.200. The van der Waals surface area contributed by atoms with Gasteiger partial charge in [0.05, 0.1) is 16.9 Å². The zero-order chi connectivity index (χ0) is 12.4. The first-order valence-electron chi connectivity index (χ1n) is 6.11. The van der Waals surface area contributed by atoms with E-state index in [-0.39, 0.29) is 12.1 Å². The van der Waals surface area contributed by atoms with Crippen LogP contribution >= 0.6 is 15.9 Å². The van der Waals surface area contributed by atoms with Gasteiger partial charge >= 0.3 is 0 Å². The molecule has 0 aromatic heterocycles. The van der Waals surface area contributed by atoms with Crippen LogP contribution in [0.2, 0.25) is 0 Å². The predicted molar refractivity (Wildman–Crippen MR) is 77.4 cm³/mol. The van der Waals surface area contributed by atoms with Crippen LogP contribution in [0.5, 0.6) is 0 Å². The highest BCUT2D eigenvalue weighted by molar-refractivity contribution is 9.09. The number of hydrazine groups is 1. The van der Waals surface area contributed by atoms with Crippen molar-refractivity contribution in [2.24, 2.45) is 0 Å². The lowest BCUT2D eigenvalue weighted by atomic mass is 9.98. The Bertz CT molecular complexity index is 453. The SMILES string of the molecule is BrC1C(c2ccccc2)NNC1c1ccccc1. The Balaban J connectivity index is 1.83. The van der Waals surface area contributed by atoms with Crippen molar-refractivity contribution in [2.45, 2.75) is 16.9 Å². The van der Waals surface area contributed by atoms with Crippen molar-refractivity contribution in [1.29, 1.82) is 0 Å². The van der Waals surface area contributed by atoms with Crippen molar-refractivity contribution in [3.8, 4) is 0 Å². The van der Waals surface area contributed by atoms with E-state index < -0.39 is 0 Å². The van der Waals surface area contributed by atoms with Gasteiger partial charge in [-0.25, -0.2) is 10.9 Å². The number of alkyl halides is 1. The minimum absolute atomic E-state index is 0.288. The van der Waals surface area contributed by atoms with Gasteiger partial charge < -0.3 is 0 Å². The van der Waals surface area contributed by atoms with Crippen LogP contribution in [0.15, 0.2) is 60.7 Å². The largest absolute Gasteiger partial charge is 0.249 e. The molecule has 1 fully saturated rings. The standard InChI is InChI=1S/C15H15BrN2/c16-13-14(11-7-3-1-4-8-11)17-18-15(13)12-9-5-2-6-10-12/h1-10,13-15,17-18H. The Kier molecular flexibility index (Phi) is 3.46. The van der Waals surface area contributed by atoms with Crippen LogP contribution < -0.4 is 10.9 Å². The molecule has 0 spiro atoms. The molecule has 2 atom stereocenters. The number of halogens is 1. The number of hydrogen-bond donors (Lipinski definition) is 2. The fourth-order valence-corrected chi connectivity index (χ4v) is 3.26. The van der Waals surface area contributed by atoms with Crippen LogP contribution in [0.4, 0.5) is 0 Å². The quantitative estimate of drug-likeness (QED) is 0.832. The predicted octanol–water partition coefficient (Wildman–Crippen LogP) is 3.34. The average molecular weight is 303 g/mol. The van der Waals surface area contributed by atoms with Gasteiger partial charge in [0.1, 0.15) is 0 Å². The highest BCUT2D eigenvalue weighted by Crippen LogP contribution is 2.36. The van der Waals surface area contributed by atoms with Crippen molar-refractivity contribution in [2.75, 3.05) is 0 Å². The lowest BCUT2D eigenvalue weighted by Gasteiger charge is -2.17. The lowest BCUT2D eigenvalue weighted by Crippen LogP contribution is -2.26. The van der Waals surface area contributed by atoms with E-state index in [0.29, 0.717) is 4.83 Å². The van der Waals surface area contributed by atoms with Crippen molar-refractivity contribution in [1.82, 2.24) is 10.9 Å². The van der Waals surface area contributed by atoms with E-state index in [1.54, 1.807) is 0 Å². The van der Waals surface area contributed by atoms with E-state index in [0.717, 1.165) is 0 Å². The maximum Gasteiger partial charge on any atom is 0.0606 e. The number of nitrogens with one attached hydrogen (secondary N) is 2. The molecule has 1 heterocycles. The summed E-state index contributed by atoms with van der Waals surface area (Å²) in [4.78, 5) is 0.335. The van der Waals surface area contributed by atoms with Crippen molar-refractivity contribution in [3.05, 3.63) is 71.8 Å². The summed E-state index contributed by atoms with van der Waals surface area (Å²) in [5.74, 6) is 0. The number of benzene rings is 2. The molecule has 0 radical (unpaired) electrons. The molecule has 2 N–H and O–H groups in total. The summed E-state index contributed by atoms with van der Waals surface area (Å²) in [5, 5.41) is 0. The van der Waals surface area contributed by atoms with Gasteiger partial charge in [-0.05, 0) is 11.1 Å². The molecular formula is C15H15BrN2. The smallest absolute Gasteiger partial charge is 0.0606 e. The monoisotopic (exact) mass is 302 g/mol. The summed E-state index contributed by atoms with van der Waals surface area (Å²) in [7, 11) is 0. The highest BCUT2D eigenvalue weighted by atomic mass is 79.9. The van der Waals surface area contributed by atoms with Crippen LogP contribution in [0, 0.1) is 0 Å². The Morgan fingerprint density at radius 1 is 0.667 bits per heavy atom. The fourth-order valence-electron chi connectivity index (χ4n) is 2.39. The molecular weight excluding hydrogens is 288 g/mol. The second-order valence-corrected chi connectivity index (χ2v) is 5.57. The molecule has 2 unspecified atom stereocenters. The van der Waals surface area contributed by atoms with Gasteiger partial charge in [0, 0.05) is 0 Å². The van der Waals surface area contributed by atoms with Gasteiger partial charge in [0.25, 0.3) is 0 Å². The topological polar surface area (TPSA) is 24.1 Å². The molecule has 2 aromatic rings. The zero-order valence-electron chi connectivity index (χ0n) is 9.88. The third kappa shape index (κ3) is 2.21. The molecule has 92 valence electrons. The van der Waals surface area contributed by atoms with Crippen LogP contribution in [0.1, 0.15) is 23.2 Å². The van der Waals surface area contributed by atoms with E-state index in [1.165, 1.54) is 11.1 Å². The maximum atomic E-state index is 3.82. The summed E-state index contributed by atoms with van der Waals surface area (Å²) in [5.41, 5.74) is 9.34. The first-order valence-corrected chi connectivity index (χ1v) is 7.03. The molecule has 2 nitrogen and oxygen atoms in total. The third-order valence-electron chi connectivity index (χ3n) is 3.35. The zero-order valence-corrected chi connectivity index (χ0v) is 11.5.